The molecule has 3 aromatic carbocycles. The van der Waals surface area contributed by atoms with Crippen molar-refractivity contribution in [2.24, 2.45) is 0 Å². The van der Waals surface area contributed by atoms with E-state index in [1.807, 2.05) is 6.07 Å². The van der Waals surface area contributed by atoms with E-state index in [9.17, 15) is 14.4 Å². The molecule has 0 aromatic heterocycles. The van der Waals surface area contributed by atoms with Crippen molar-refractivity contribution in [2.45, 2.75) is 6.61 Å². The van der Waals surface area contributed by atoms with Crippen molar-refractivity contribution < 1.29 is 13.9 Å². The van der Waals surface area contributed by atoms with Gasteiger partial charge in [0.05, 0.1) is 0 Å². The molecule has 3 aromatic rings. The Bertz CT molecular complexity index is 1090. The van der Waals surface area contributed by atoms with Gasteiger partial charge in [0.2, 0.25) is 0 Å². The summed E-state index contributed by atoms with van der Waals surface area (Å²) >= 11 is 3.33. The van der Waals surface area contributed by atoms with Crippen LogP contribution in [0.25, 0.3) is 6.08 Å². The molecule has 0 saturated heterocycles. The van der Waals surface area contributed by atoms with Crippen LogP contribution in [-0.2, 0) is 11.4 Å². The fraction of sp³-hybridized carbons (Fsp3) is 0.0435. The monoisotopic (exact) mass is 450 g/mol. The molecule has 1 amide bonds. The van der Waals surface area contributed by atoms with Crippen LogP contribution in [0.2, 0.25) is 0 Å². The lowest BCUT2D eigenvalue weighted by Crippen LogP contribution is -2.13. The zero-order chi connectivity index (χ0) is 20.6. The minimum absolute atomic E-state index is 0.0322. The van der Waals surface area contributed by atoms with Crippen LogP contribution in [0.1, 0.15) is 11.1 Å². The number of nitrogens with one attached hydrogen (secondary N) is 1. The number of carbonyl (C=O) groups is 1. The molecule has 1 N–H and O–H groups in total. The summed E-state index contributed by atoms with van der Waals surface area (Å²) in [6.07, 6.45) is 1.49. The largest absolute Gasteiger partial charge is 0.489 e. The zero-order valence-corrected chi connectivity index (χ0v) is 16.8. The Morgan fingerprint density at radius 1 is 1.10 bits per heavy atom. The third-order valence-corrected chi connectivity index (χ3v) is 4.46. The highest BCUT2D eigenvalue weighted by Crippen LogP contribution is 2.19. The number of anilines is 1. The highest BCUT2D eigenvalue weighted by atomic mass is 79.9. The summed E-state index contributed by atoms with van der Waals surface area (Å²) in [4.78, 5) is 12.4. The second-order valence-electron chi connectivity index (χ2n) is 6.12. The second kappa shape index (κ2) is 9.67. The van der Waals surface area contributed by atoms with E-state index < -0.39 is 5.91 Å². The van der Waals surface area contributed by atoms with Gasteiger partial charge in [0.25, 0.3) is 5.91 Å². The molecule has 0 atom stereocenters. The van der Waals surface area contributed by atoms with Gasteiger partial charge in [-0.15, -0.1) is 0 Å². The van der Waals surface area contributed by atoms with Crippen molar-refractivity contribution in [1.82, 2.24) is 0 Å². The van der Waals surface area contributed by atoms with Crippen molar-refractivity contribution in [3.63, 3.8) is 0 Å². The second-order valence-corrected chi connectivity index (χ2v) is 7.04. The fourth-order valence-corrected chi connectivity index (χ4v) is 2.80. The molecule has 0 heterocycles. The van der Waals surface area contributed by atoms with Gasteiger partial charge >= 0.3 is 0 Å². The average Bonchev–Trinajstić information content (AvgIpc) is 2.72. The van der Waals surface area contributed by atoms with Crippen molar-refractivity contribution in [3.05, 3.63) is 99.8 Å². The van der Waals surface area contributed by atoms with Gasteiger partial charge in [-0.3, -0.25) is 4.79 Å². The number of nitriles is 1. The van der Waals surface area contributed by atoms with E-state index in [-0.39, 0.29) is 18.0 Å². The number of benzene rings is 3. The van der Waals surface area contributed by atoms with Gasteiger partial charge in [0, 0.05) is 10.2 Å². The van der Waals surface area contributed by atoms with Gasteiger partial charge in [0.15, 0.2) is 0 Å². The maximum atomic E-state index is 13.3. The Labute approximate surface area is 176 Å². The molecule has 0 unspecified atom stereocenters. The number of hydrogen-bond acceptors (Lipinski definition) is 3. The summed E-state index contributed by atoms with van der Waals surface area (Å²) < 4.78 is 19.8. The van der Waals surface area contributed by atoms with Crippen molar-refractivity contribution in [3.8, 4) is 11.8 Å². The molecule has 6 heteroatoms. The molecule has 0 spiro atoms. The molecule has 144 valence electrons. The van der Waals surface area contributed by atoms with E-state index in [2.05, 4.69) is 21.2 Å². The van der Waals surface area contributed by atoms with Crippen LogP contribution in [0.4, 0.5) is 10.1 Å². The van der Waals surface area contributed by atoms with Crippen LogP contribution < -0.4 is 10.1 Å². The zero-order valence-electron chi connectivity index (χ0n) is 15.2. The third-order valence-electron chi connectivity index (χ3n) is 3.93. The summed E-state index contributed by atoms with van der Waals surface area (Å²) in [5, 5.41) is 12.1. The molecule has 0 bridgehead atoms. The maximum absolute atomic E-state index is 13.3. The van der Waals surface area contributed by atoms with Crippen LogP contribution in [0.3, 0.4) is 0 Å². The average molecular weight is 451 g/mol. The van der Waals surface area contributed by atoms with Crippen LogP contribution in [0, 0.1) is 17.1 Å². The van der Waals surface area contributed by atoms with E-state index in [0.717, 1.165) is 4.47 Å². The predicted molar refractivity (Wildman–Crippen MR) is 114 cm³/mol. The molecule has 3 rings (SSSR count). The molecular weight excluding hydrogens is 435 g/mol. The summed E-state index contributed by atoms with van der Waals surface area (Å²) in [6.45, 7) is 0.208. The quantitative estimate of drug-likeness (QED) is 0.386. The molecular formula is C23H16BrFN2O2. The highest BCUT2D eigenvalue weighted by molar-refractivity contribution is 9.10. The fourth-order valence-electron chi connectivity index (χ4n) is 2.53. The molecule has 0 radical (unpaired) electrons. The Morgan fingerprint density at radius 2 is 1.86 bits per heavy atom. The smallest absolute Gasteiger partial charge is 0.266 e. The SMILES string of the molecule is N#C/C(=C/c1cccc(OCc2cccc(F)c2)c1)C(=O)Nc1ccc(Br)cc1. The molecule has 29 heavy (non-hydrogen) atoms. The number of hydrogen-bond donors (Lipinski definition) is 1. The van der Waals surface area contributed by atoms with Gasteiger partial charge in [-0.2, -0.15) is 5.26 Å². The van der Waals surface area contributed by atoms with Crippen molar-refractivity contribution in [1.29, 1.82) is 5.26 Å². The van der Waals surface area contributed by atoms with Crippen LogP contribution in [0.5, 0.6) is 5.75 Å². The standard InChI is InChI=1S/C23H16BrFN2O2/c24-19-7-9-21(10-8-19)27-23(28)18(14-26)11-16-3-2-6-22(13-16)29-15-17-4-1-5-20(25)12-17/h1-13H,15H2,(H,27,28)/b18-11-. The third kappa shape index (κ3) is 6.03. The minimum Gasteiger partial charge on any atom is -0.489 e. The van der Waals surface area contributed by atoms with Crippen molar-refractivity contribution in [2.75, 3.05) is 5.32 Å². The van der Waals surface area contributed by atoms with Gasteiger partial charge < -0.3 is 10.1 Å². The highest BCUT2D eigenvalue weighted by Gasteiger charge is 2.10. The lowest BCUT2D eigenvalue weighted by atomic mass is 10.1. The lowest BCUT2D eigenvalue weighted by Gasteiger charge is -2.08. The molecule has 0 saturated carbocycles. The van der Waals surface area contributed by atoms with E-state index in [0.29, 0.717) is 22.6 Å². The van der Waals surface area contributed by atoms with Crippen LogP contribution in [0.15, 0.2) is 82.8 Å². The van der Waals surface area contributed by atoms with Gasteiger partial charge in [0.1, 0.15) is 29.8 Å². The number of rotatable bonds is 6. The van der Waals surface area contributed by atoms with Crippen LogP contribution in [-0.4, -0.2) is 5.91 Å². The Morgan fingerprint density at radius 3 is 2.59 bits per heavy atom. The molecule has 0 aliphatic heterocycles. The van der Waals surface area contributed by atoms with Gasteiger partial charge in [-0.1, -0.05) is 40.2 Å². The van der Waals surface area contributed by atoms with E-state index in [1.54, 1.807) is 60.7 Å². The summed E-state index contributed by atoms with van der Waals surface area (Å²) in [5.41, 5.74) is 1.91. The number of carbonyl (C=O) groups excluding carboxylic acids is 1. The summed E-state index contributed by atoms with van der Waals surface area (Å²) in [6, 6.07) is 22.1. The first-order chi connectivity index (χ1) is 14.0. The number of halogens is 2. The first-order valence-corrected chi connectivity index (χ1v) is 9.49. The van der Waals surface area contributed by atoms with Crippen LogP contribution >= 0.6 is 15.9 Å². The van der Waals surface area contributed by atoms with E-state index in [4.69, 9.17) is 4.74 Å². The number of ether oxygens (including phenoxy) is 1. The van der Waals surface area contributed by atoms with Crippen molar-refractivity contribution >= 4 is 33.6 Å². The van der Waals surface area contributed by atoms with E-state index >= 15 is 0 Å². The Balaban J connectivity index is 1.70. The summed E-state index contributed by atoms with van der Waals surface area (Å²) in [7, 11) is 0. The lowest BCUT2D eigenvalue weighted by molar-refractivity contribution is -0.112. The molecule has 4 nitrogen and oxygen atoms in total. The normalized spacial score (nSPS) is 10.9. The predicted octanol–water partition coefficient (Wildman–Crippen LogP) is 5.71. The topological polar surface area (TPSA) is 62.1 Å². The number of amides is 1. The molecule has 0 fully saturated rings. The van der Waals surface area contributed by atoms with Gasteiger partial charge in [-0.05, 0) is 65.7 Å². The maximum Gasteiger partial charge on any atom is 0.266 e. The van der Waals surface area contributed by atoms with Gasteiger partial charge in [-0.25, -0.2) is 4.39 Å². The number of nitrogens with zero attached hydrogens (tertiary/aromatic N) is 1. The first-order valence-electron chi connectivity index (χ1n) is 8.69. The Kier molecular flexibility index (Phi) is 6.77. The van der Waals surface area contributed by atoms with E-state index in [1.165, 1.54) is 18.2 Å². The molecule has 0 aliphatic rings. The summed E-state index contributed by atoms with van der Waals surface area (Å²) in [5.74, 6) is -0.271. The molecule has 0 aliphatic carbocycles. The Hall–Kier alpha value is -3.43. The minimum atomic E-state index is -0.499. The first kappa shape index (κ1) is 20.3.